The summed E-state index contributed by atoms with van der Waals surface area (Å²) in [4.78, 5) is 27.6. The molecule has 3 heterocycles. The molecule has 1 aromatic rings. The number of carboxylic acid groups (broad SMARTS) is 1. The lowest BCUT2D eigenvalue weighted by Crippen LogP contribution is -2.60. The molecule has 4 aliphatic rings. The summed E-state index contributed by atoms with van der Waals surface area (Å²) in [5, 5.41) is 39.6. The first-order valence-electron chi connectivity index (χ1n) is 11.4. The van der Waals surface area contributed by atoms with Gasteiger partial charge in [0.05, 0.1) is 6.10 Å². The summed E-state index contributed by atoms with van der Waals surface area (Å²) in [7, 11) is 0. The second-order valence-corrected chi connectivity index (χ2v) is 9.57. The molecule has 0 radical (unpaired) electrons. The zero-order valence-electron chi connectivity index (χ0n) is 18.4. The number of hydrogen-bond donors (Lipinski definition) is 4. The van der Waals surface area contributed by atoms with Crippen molar-refractivity contribution in [3.8, 4) is 0 Å². The second kappa shape index (κ2) is 8.52. The summed E-state index contributed by atoms with van der Waals surface area (Å²) in [6.07, 6.45) is -6.87. The molecule has 33 heavy (non-hydrogen) atoms. The van der Waals surface area contributed by atoms with Crippen LogP contribution in [0, 0.1) is 5.92 Å². The van der Waals surface area contributed by atoms with Gasteiger partial charge < -0.3 is 39.7 Å². The van der Waals surface area contributed by atoms with E-state index in [0.29, 0.717) is 31.8 Å². The summed E-state index contributed by atoms with van der Waals surface area (Å²) in [5.74, 6) is -0.822. The Hall–Kier alpha value is -2.24. The van der Waals surface area contributed by atoms with Gasteiger partial charge in [-0.05, 0) is 35.8 Å². The summed E-state index contributed by atoms with van der Waals surface area (Å²) < 4.78 is 11.3. The van der Waals surface area contributed by atoms with E-state index >= 15 is 0 Å². The Morgan fingerprint density at radius 1 is 1.09 bits per heavy atom. The van der Waals surface area contributed by atoms with Crippen molar-refractivity contribution in [1.82, 2.24) is 4.90 Å². The molecule has 2 fully saturated rings. The van der Waals surface area contributed by atoms with Gasteiger partial charge in [0, 0.05) is 38.8 Å². The van der Waals surface area contributed by atoms with E-state index in [0.717, 1.165) is 18.7 Å². The van der Waals surface area contributed by atoms with E-state index in [2.05, 4.69) is 17.0 Å². The first-order chi connectivity index (χ1) is 15.7. The van der Waals surface area contributed by atoms with Crippen molar-refractivity contribution < 1.29 is 39.5 Å². The third-order valence-corrected chi connectivity index (χ3v) is 7.56. The van der Waals surface area contributed by atoms with Crippen LogP contribution in [0.4, 0.5) is 5.69 Å². The topological polar surface area (TPSA) is 140 Å². The summed E-state index contributed by atoms with van der Waals surface area (Å²) >= 11 is 0. The molecule has 1 saturated carbocycles. The van der Waals surface area contributed by atoms with Crippen molar-refractivity contribution in [3.63, 3.8) is 0 Å². The largest absolute Gasteiger partial charge is 0.479 e. The Bertz CT molecular complexity index is 941. The highest BCUT2D eigenvalue weighted by molar-refractivity contribution is 5.75. The van der Waals surface area contributed by atoms with E-state index < -0.39 is 36.7 Å². The Morgan fingerprint density at radius 2 is 1.88 bits per heavy atom. The van der Waals surface area contributed by atoms with Crippen molar-refractivity contribution in [1.29, 1.82) is 0 Å². The molecule has 1 saturated heterocycles. The molecule has 1 aliphatic carbocycles. The molecule has 3 aliphatic heterocycles. The van der Waals surface area contributed by atoms with E-state index in [-0.39, 0.29) is 17.9 Å². The van der Waals surface area contributed by atoms with Crippen molar-refractivity contribution in [3.05, 3.63) is 29.3 Å². The van der Waals surface area contributed by atoms with Gasteiger partial charge in [-0.2, -0.15) is 0 Å². The van der Waals surface area contributed by atoms with Gasteiger partial charge >= 0.3 is 5.97 Å². The minimum Gasteiger partial charge on any atom is -0.479 e. The van der Waals surface area contributed by atoms with Gasteiger partial charge in [0.25, 0.3) is 0 Å². The summed E-state index contributed by atoms with van der Waals surface area (Å²) in [6.45, 7) is 4.44. The monoisotopic (exact) mass is 462 g/mol. The first-order valence-corrected chi connectivity index (χ1v) is 11.4. The molecule has 1 amide bonds. The number of anilines is 1. The zero-order valence-corrected chi connectivity index (χ0v) is 18.4. The number of benzene rings is 1. The van der Waals surface area contributed by atoms with Gasteiger partial charge in [0.15, 0.2) is 12.4 Å². The van der Waals surface area contributed by atoms with Crippen LogP contribution in [0.2, 0.25) is 0 Å². The van der Waals surface area contributed by atoms with E-state index in [9.17, 15) is 30.0 Å². The fourth-order valence-electron chi connectivity index (χ4n) is 5.92. The van der Waals surface area contributed by atoms with Gasteiger partial charge in [0.2, 0.25) is 5.91 Å². The maximum Gasteiger partial charge on any atom is 0.335 e. The molecule has 1 aromatic carbocycles. The Morgan fingerprint density at radius 3 is 2.61 bits per heavy atom. The summed E-state index contributed by atoms with van der Waals surface area (Å²) in [6, 6.07) is 6.22. The predicted molar refractivity (Wildman–Crippen MR) is 114 cm³/mol. The van der Waals surface area contributed by atoms with Crippen LogP contribution in [-0.2, 0) is 25.6 Å². The SMILES string of the molecule is CC(=O)N1CCN2CC3CC(OC4OC(C(=O)O)C(O)C(O)C4O)CC3c3cccc(c32)C1. The average molecular weight is 462 g/mol. The lowest BCUT2D eigenvalue weighted by atomic mass is 9.82. The quantitative estimate of drug-likeness (QED) is 0.474. The molecular weight excluding hydrogens is 432 g/mol. The normalized spacial score (nSPS) is 37.8. The standard InChI is InChI=1S/C23H30N2O8/c1-11(26)24-5-6-25-10-13-7-14(8-16(13)15-4-2-3-12(9-24)17(15)25)32-23-20(29)18(27)19(28)21(33-23)22(30)31/h2-4,13-14,16,18-21,23,27-29H,5-10H2,1H3,(H,30,31). The molecule has 0 bridgehead atoms. The third-order valence-electron chi connectivity index (χ3n) is 7.56. The van der Waals surface area contributed by atoms with Crippen LogP contribution in [0.1, 0.15) is 36.8 Å². The van der Waals surface area contributed by atoms with Gasteiger partial charge in [-0.15, -0.1) is 0 Å². The lowest BCUT2D eigenvalue weighted by Gasteiger charge is -2.39. The van der Waals surface area contributed by atoms with E-state index in [1.165, 1.54) is 11.3 Å². The number of carbonyl (C=O) groups excluding carboxylic acids is 1. The number of ether oxygens (including phenoxy) is 2. The van der Waals surface area contributed by atoms with Gasteiger partial charge in [-0.1, -0.05) is 18.2 Å². The van der Waals surface area contributed by atoms with Crippen molar-refractivity contribution in [2.45, 2.75) is 69.0 Å². The summed E-state index contributed by atoms with van der Waals surface area (Å²) in [5.41, 5.74) is 3.56. The molecule has 4 N–H and O–H groups in total. The van der Waals surface area contributed by atoms with Crippen LogP contribution >= 0.6 is 0 Å². The highest BCUT2D eigenvalue weighted by atomic mass is 16.7. The molecule has 5 rings (SSSR count). The number of nitrogens with zero attached hydrogens (tertiary/aromatic N) is 2. The maximum absolute atomic E-state index is 12.0. The van der Waals surface area contributed by atoms with E-state index in [4.69, 9.17) is 9.47 Å². The average Bonchev–Trinajstić information content (AvgIpc) is 3.08. The Labute approximate surface area is 191 Å². The predicted octanol–water partition coefficient (Wildman–Crippen LogP) is -0.360. The van der Waals surface area contributed by atoms with Crippen LogP contribution in [-0.4, -0.2) is 93.6 Å². The molecular formula is C23H30N2O8. The molecule has 8 unspecified atom stereocenters. The minimum atomic E-state index is -1.73. The van der Waals surface area contributed by atoms with Crippen molar-refractivity contribution >= 4 is 17.6 Å². The smallest absolute Gasteiger partial charge is 0.335 e. The molecule has 8 atom stereocenters. The van der Waals surface area contributed by atoms with Crippen molar-refractivity contribution in [2.24, 2.45) is 5.92 Å². The van der Waals surface area contributed by atoms with E-state index in [1.54, 1.807) is 6.92 Å². The lowest BCUT2D eigenvalue weighted by molar-refractivity contribution is -0.303. The number of aliphatic hydroxyl groups is 3. The fourth-order valence-corrected chi connectivity index (χ4v) is 5.92. The molecule has 10 nitrogen and oxygen atoms in total. The highest BCUT2D eigenvalue weighted by Gasteiger charge is 2.50. The Kier molecular flexibility index (Phi) is 5.82. The van der Waals surface area contributed by atoms with E-state index in [1.807, 2.05) is 11.0 Å². The van der Waals surface area contributed by atoms with Crippen LogP contribution in [0.15, 0.2) is 18.2 Å². The Balaban J connectivity index is 1.35. The first kappa shape index (κ1) is 22.5. The fraction of sp³-hybridized carbons (Fsp3) is 0.652. The second-order valence-electron chi connectivity index (χ2n) is 9.57. The van der Waals surface area contributed by atoms with Gasteiger partial charge in [-0.3, -0.25) is 4.79 Å². The van der Waals surface area contributed by atoms with Crippen LogP contribution in [0.3, 0.4) is 0 Å². The number of carboxylic acids is 1. The number of carbonyl (C=O) groups is 2. The number of aliphatic hydroxyl groups excluding tert-OH is 3. The number of fused-ring (bicyclic) bond motifs is 2. The third kappa shape index (κ3) is 3.89. The molecule has 180 valence electrons. The van der Waals surface area contributed by atoms with Gasteiger partial charge in [0.1, 0.15) is 18.3 Å². The number of amides is 1. The van der Waals surface area contributed by atoms with Gasteiger partial charge in [-0.25, -0.2) is 4.79 Å². The molecule has 0 aromatic heterocycles. The molecule has 10 heteroatoms. The zero-order chi connectivity index (χ0) is 23.4. The number of aliphatic carboxylic acids is 1. The van der Waals surface area contributed by atoms with Crippen LogP contribution in [0.25, 0.3) is 0 Å². The maximum atomic E-state index is 12.0. The van der Waals surface area contributed by atoms with Crippen LogP contribution < -0.4 is 4.90 Å². The van der Waals surface area contributed by atoms with Crippen molar-refractivity contribution in [2.75, 3.05) is 24.5 Å². The minimum absolute atomic E-state index is 0.0686. The van der Waals surface area contributed by atoms with Crippen LogP contribution in [0.5, 0.6) is 0 Å². The number of rotatable bonds is 3. The molecule has 0 spiro atoms. The highest BCUT2D eigenvalue weighted by Crippen LogP contribution is 2.50. The number of para-hydroxylation sites is 1. The number of hydrogen-bond acceptors (Lipinski definition) is 8.